The molecule has 4 nitrogen and oxygen atoms in total. The second-order valence-electron chi connectivity index (χ2n) is 4.39. The zero-order chi connectivity index (χ0) is 13.3. The van der Waals surface area contributed by atoms with Crippen molar-refractivity contribution >= 4 is 27.7 Å². The third kappa shape index (κ3) is 3.11. The standard InChI is InChI=1S/C12H15BrN4S/c1-7(2)12-14-9(13)6-10(15-12)18-11-5-8(3)16-17(11)4/h5-7H,1-4H3. The molecular formula is C12H15BrN4S. The van der Waals surface area contributed by atoms with E-state index in [1.165, 1.54) is 0 Å². The van der Waals surface area contributed by atoms with Crippen LogP contribution in [0, 0.1) is 6.92 Å². The molecule has 0 aliphatic rings. The molecule has 18 heavy (non-hydrogen) atoms. The minimum atomic E-state index is 0.315. The van der Waals surface area contributed by atoms with Gasteiger partial charge in [0.1, 0.15) is 20.5 Å². The number of rotatable bonds is 3. The van der Waals surface area contributed by atoms with Crippen molar-refractivity contribution in [1.82, 2.24) is 19.7 Å². The van der Waals surface area contributed by atoms with Crippen molar-refractivity contribution in [2.24, 2.45) is 7.05 Å². The summed E-state index contributed by atoms with van der Waals surface area (Å²) in [5.41, 5.74) is 1.01. The summed E-state index contributed by atoms with van der Waals surface area (Å²) < 4.78 is 2.69. The molecule has 2 heterocycles. The van der Waals surface area contributed by atoms with Gasteiger partial charge in [-0.1, -0.05) is 25.6 Å². The molecule has 0 spiro atoms. The molecule has 0 N–H and O–H groups in total. The van der Waals surface area contributed by atoms with Crippen LogP contribution in [0.2, 0.25) is 0 Å². The van der Waals surface area contributed by atoms with Crippen LogP contribution in [-0.2, 0) is 7.05 Å². The minimum Gasteiger partial charge on any atom is -0.261 e. The monoisotopic (exact) mass is 326 g/mol. The van der Waals surface area contributed by atoms with E-state index in [1.54, 1.807) is 11.8 Å². The molecule has 0 aliphatic carbocycles. The Bertz CT molecular complexity index is 565. The van der Waals surface area contributed by atoms with Gasteiger partial charge in [-0.25, -0.2) is 9.97 Å². The average molecular weight is 327 g/mol. The number of hydrogen-bond acceptors (Lipinski definition) is 4. The molecule has 0 fully saturated rings. The second-order valence-corrected chi connectivity index (χ2v) is 6.24. The Labute approximate surface area is 119 Å². The molecule has 6 heteroatoms. The highest BCUT2D eigenvalue weighted by Crippen LogP contribution is 2.28. The SMILES string of the molecule is Cc1cc(Sc2cc(Br)nc(C(C)C)n2)n(C)n1. The van der Waals surface area contributed by atoms with Gasteiger partial charge in [0.15, 0.2) is 0 Å². The van der Waals surface area contributed by atoms with Crippen molar-refractivity contribution in [3.63, 3.8) is 0 Å². The highest BCUT2D eigenvalue weighted by Gasteiger charge is 2.10. The zero-order valence-corrected chi connectivity index (χ0v) is 13.2. The molecule has 0 saturated heterocycles. The molecule has 0 radical (unpaired) electrons. The molecule has 0 aromatic carbocycles. The number of nitrogens with zero attached hydrogens (tertiary/aromatic N) is 4. The van der Waals surface area contributed by atoms with Gasteiger partial charge in [-0.3, -0.25) is 4.68 Å². The molecule has 0 atom stereocenters. The highest BCUT2D eigenvalue weighted by atomic mass is 79.9. The fourth-order valence-corrected chi connectivity index (χ4v) is 2.99. The average Bonchev–Trinajstić information content (AvgIpc) is 2.56. The molecule has 0 unspecified atom stereocenters. The van der Waals surface area contributed by atoms with Gasteiger partial charge >= 0.3 is 0 Å². The molecule has 2 rings (SSSR count). The lowest BCUT2D eigenvalue weighted by Gasteiger charge is -2.07. The van der Waals surface area contributed by atoms with Crippen LogP contribution in [0.3, 0.4) is 0 Å². The van der Waals surface area contributed by atoms with Gasteiger partial charge in [0.05, 0.1) is 5.69 Å². The second kappa shape index (κ2) is 5.40. The van der Waals surface area contributed by atoms with Crippen LogP contribution in [0.1, 0.15) is 31.3 Å². The Morgan fingerprint density at radius 1 is 1.28 bits per heavy atom. The van der Waals surface area contributed by atoms with Gasteiger partial charge < -0.3 is 0 Å². The van der Waals surface area contributed by atoms with Crippen LogP contribution in [0.4, 0.5) is 0 Å². The van der Waals surface area contributed by atoms with Crippen LogP contribution in [0.15, 0.2) is 26.8 Å². The number of halogens is 1. The summed E-state index contributed by atoms with van der Waals surface area (Å²) in [7, 11) is 1.94. The third-order valence-electron chi connectivity index (χ3n) is 2.37. The van der Waals surface area contributed by atoms with E-state index in [0.29, 0.717) is 5.92 Å². The van der Waals surface area contributed by atoms with Crippen LogP contribution in [-0.4, -0.2) is 19.7 Å². The molecule has 0 aliphatic heterocycles. The molecule has 0 saturated carbocycles. The quantitative estimate of drug-likeness (QED) is 0.809. The summed E-state index contributed by atoms with van der Waals surface area (Å²) in [6.07, 6.45) is 0. The zero-order valence-electron chi connectivity index (χ0n) is 10.8. The van der Waals surface area contributed by atoms with Crippen molar-refractivity contribution in [2.75, 3.05) is 0 Å². The summed E-state index contributed by atoms with van der Waals surface area (Å²) in [5.74, 6) is 1.17. The van der Waals surface area contributed by atoms with E-state index in [2.05, 4.69) is 50.9 Å². The Morgan fingerprint density at radius 3 is 2.56 bits per heavy atom. The van der Waals surface area contributed by atoms with E-state index in [4.69, 9.17) is 0 Å². The summed E-state index contributed by atoms with van der Waals surface area (Å²) in [6, 6.07) is 3.98. The van der Waals surface area contributed by atoms with E-state index < -0.39 is 0 Å². The molecule has 96 valence electrons. The maximum atomic E-state index is 4.56. The van der Waals surface area contributed by atoms with Gasteiger partial charge in [0.2, 0.25) is 0 Å². The van der Waals surface area contributed by atoms with E-state index in [1.807, 2.05) is 24.7 Å². The van der Waals surface area contributed by atoms with Crippen LogP contribution in [0.5, 0.6) is 0 Å². The molecule has 2 aromatic rings. The van der Waals surface area contributed by atoms with Crippen molar-refractivity contribution in [3.8, 4) is 0 Å². The fraction of sp³-hybridized carbons (Fsp3) is 0.417. The smallest absolute Gasteiger partial charge is 0.133 e. The van der Waals surface area contributed by atoms with Gasteiger partial charge in [-0.05, 0) is 28.9 Å². The van der Waals surface area contributed by atoms with E-state index in [0.717, 1.165) is 26.2 Å². The first kappa shape index (κ1) is 13.5. The summed E-state index contributed by atoms with van der Waals surface area (Å²) in [5, 5.41) is 6.34. The topological polar surface area (TPSA) is 43.6 Å². The largest absolute Gasteiger partial charge is 0.261 e. The maximum Gasteiger partial charge on any atom is 0.133 e. The van der Waals surface area contributed by atoms with Crippen LogP contribution < -0.4 is 0 Å². The highest BCUT2D eigenvalue weighted by molar-refractivity contribution is 9.10. The molecule has 0 bridgehead atoms. The van der Waals surface area contributed by atoms with Crippen molar-refractivity contribution in [2.45, 2.75) is 36.7 Å². The maximum absolute atomic E-state index is 4.56. The lowest BCUT2D eigenvalue weighted by atomic mass is 10.2. The normalized spacial score (nSPS) is 11.2. The lowest BCUT2D eigenvalue weighted by Crippen LogP contribution is -1.99. The van der Waals surface area contributed by atoms with Crippen LogP contribution >= 0.6 is 27.7 Å². The minimum absolute atomic E-state index is 0.315. The summed E-state index contributed by atoms with van der Waals surface area (Å²) in [6.45, 7) is 6.16. The Kier molecular flexibility index (Phi) is 4.07. The lowest BCUT2D eigenvalue weighted by molar-refractivity contribution is 0.690. The predicted molar refractivity (Wildman–Crippen MR) is 75.9 cm³/mol. The van der Waals surface area contributed by atoms with Crippen LogP contribution in [0.25, 0.3) is 0 Å². The van der Waals surface area contributed by atoms with Crippen molar-refractivity contribution in [1.29, 1.82) is 0 Å². The van der Waals surface area contributed by atoms with Crippen molar-refractivity contribution < 1.29 is 0 Å². The Morgan fingerprint density at radius 2 is 2.00 bits per heavy atom. The van der Waals surface area contributed by atoms with Crippen molar-refractivity contribution in [3.05, 3.63) is 28.3 Å². The van der Waals surface area contributed by atoms with Gasteiger partial charge in [0.25, 0.3) is 0 Å². The number of aryl methyl sites for hydroxylation is 2. The third-order valence-corrected chi connectivity index (χ3v) is 3.79. The van der Waals surface area contributed by atoms with Gasteiger partial charge in [-0.2, -0.15) is 5.10 Å². The molecule has 2 aromatic heterocycles. The Hall–Kier alpha value is -0.880. The fourth-order valence-electron chi connectivity index (χ4n) is 1.51. The van der Waals surface area contributed by atoms with E-state index >= 15 is 0 Å². The summed E-state index contributed by atoms with van der Waals surface area (Å²) in [4.78, 5) is 8.93. The molecule has 0 amide bonds. The van der Waals surface area contributed by atoms with Gasteiger partial charge in [-0.15, -0.1) is 0 Å². The predicted octanol–water partition coefficient (Wildman–Crippen LogP) is 3.56. The first-order valence-electron chi connectivity index (χ1n) is 5.68. The number of aromatic nitrogens is 4. The Balaban J connectivity index is 2.31. The first-order chi connectivity index (χ1) is 8.45. The molecular weight excluding hydrogens is 312 g/mol. The first-order valence-corrected chi connectivity index (χ1v) is 7.29. The van der Waals surface area contributed by atoms with E-state index in [-0.39, 0.29) is 0 Å². The number of hydrogen-bond donors (Lipinski definition) is 0. The van der Waals surface area contributed by atoms with E-state index in [9.17, 15) is 0 Å². The summed E-state index contributed by atoms with van der Waals surface area (Å²) >= 11 is 5.03. The van der Waals surface area contributed by atoms with Gasteiger partial charge in [0, 0.05) is 19.0 Å².